The van der Waals surface area contributed by atoms with Crippen LogP contribution in [0.2, 0.25) is 0 Å². The summed E-state index contributed by atoms with van der Waals surface area (Å²) in [6.07, 6.45) is -1.63. The molecule has 10 heteroatoms. The molecule has 2 heterocycles. The molecule has 1 amide bonds. The molecule has 0 unspecified atom stereocenters. The Balaban J connectivity index is 1.76. The van der Waals surface area contributed by atoms with Crippen molar-refractivity contribution in [3.8, 4) is 17.4 Å². The van der Waals surface area contributed by atoms with Crippen LogP contribution in [0.4, 0.5) is 13.2 Å². The molecule has 3 aromatic rings. The van der Waals surface area contributed by atoms with Crippen LogP contribution in [-0.4, -0.2) is 51.0 Å². The van der Waals surface area contributed by atoms with Crippen molar-refractivity contribution in [3.63, 3.8) is 0 Å². The first-order chi connectivity index (χ1) is 18.1. The summed E-state index contributed by atoms with van der Waals surface area (Å²) in [5.74, 6) is 1.63. The summed E-state index contributed by atoms with van der Waals surface area (Å²) in [6.45, 7) is 0.304. The van der Waals surface area contributed by atoms with Crippen LogP contribution in [0, 0.1) is 0 Å². The molecule has 0 N–H and O–H groups in total. The van der Waals surface area contributed by atoms with Crippen molar-refractivity contribution in [3.05, 3.63) is 83.1 Å². The Kier molecular flexibility index (Phi) is 7.99. The number of hydrogen-bond donors (Lipinski definition) is 0. The number of methoxy groups -OCH3 is 3. The third-order valence-corrected chi connectivity index (χ3v) is 6.61. The maximum atomic E-state index is 13.2. The molecule has 1 atom stereocenters. The fraction of sp³-hybridized carbons (Fsp3) is 0.286. The molecule has 1 aromatic heterocycles. The summed E-state index contributed by atoms with van der Waals surface area (Å²) in [7, 11) is 6.49. The number of carbonyl (C=O) groups excluding carboxylic acids is 1. The van der Waals surface area contributed by atoms with Crippen LogP contribution in [0.5, 0.6) is 17.4 Å². The first kappa shape index (κ1) is 27.1. The fourth-order valence-electron chi connectivity index (χ4n) is 4.53. The molecule has 0 spiro atoms. The van der Waals surface area contributed by atoms with Crippen LogP contribution in [0.25, 0.3) is 5.57 Å². The van der Waals surface area contributed by atoms with Gasteiger partial charge in [0.2, 0.25) is 11.8 Å². The molecule has 1 saturated heterocycles. The second kappa shape index (κ2) is 11.2. The SMILES string of the molecule is Bc1ccc(/C(=C/[C@H]2CCC(=O)N2Cc2ccc(OC)cc2OC)c2ccc(C(F)(F)F)cc2)nc1OC. The lowest BCUT2D eigenvalue weighted by Gasteiger charge is -2.25. The van der Waals surface area contributed by atoms with E-state index in [1.54, 1.807) is 37.3 Å². The second-order valence-corrected chi connectivity index (χ2v) is 8.98. The number of benzene rings is 2. The van der Waals surface area contributed by atoms with Crippen LogP contribution >= 0.6 is 0 Å². The highest BCUT2D eigenvalue weighted by Crippen LogP contribution is 2.34. The van der Waals surface area contributed by atoms with Crippen molar-refractivity contribution in [2.45, 2.75) is 31.6 Å². The van der Waals surface area contributed by atoms with E-state index in [1.165, 1.54) is 19.2 Å². The van der Waals surface area contributed by atoms with Crippen molar-refractivity contribution < 1.29 is 32.2 Å². The Morgan fingerprint density at radius 3 is 2.42 bits per heavy atom. The number of rotatable bonds is 8. The normalized spacial score (nSPS) is 16.1. The first-order valence-corrected chi connectivity index (χ1v) is 12.1. The van der Waals surface area contributed by atoms with Gasteiger partial charge in [0.1, 0.15) is 19.3 Å². The molecule has 4 rings (SSSR count). The zero-order chi connectivity index (χ0) is 27.4. The largest absolute Gasteiger partial charge is 0.497 e. The number of alkyl halides is 3. The van der Waals surface area contributed by atoms with Gasteiger partial charge in [-0.05, 0) is 47.8 Å². The van der Waals surface area contributed by atoms with E-state index in [0.29, 0.717) is 53.6 Å². The van der Waals surface area contributed by atoms with E-state index in [4.69, 9.17) is 14.2 Å². The third kappa shape index (κ3) is 5.79. The van der Waals surface area contributed by atoms with Crippen LogP contribution in [0.1, 0.15) is 35.2 Å². The van der Waals surface area contributed by atoms with Crippen molar-refractivity contribution in [1.82, 2.24) is 9.88 Å². The van der Waals surface area contributed by atoms with Crippen LogP contribution in [-0.2, 0) is 17.5 Å². The van der Waals surface area contributed by atoms with Gasteiger partial charge in [0, 0.05) is 30.2 Å². The predicted molar refractivity (Wildman–Crippen MR) is 141 cm³/mol. The highest BCUT2D eigenvalue weighted by atomic mass is 19.4. The zero-order valence-corrected chi connectivity index (χ0v) is 21.6. The maximum absolute atomic E-state index is 13.2. The maximum Gasteiger partial charge on any atom is 0.416 e. The molecule has 0 bridgehead atoms. The smallest absolute Gasteiger partial charge is 0.416 e. The topological polar surface area (TPSA) is 60.9 Å². The van der Waals surface area contributed by atoms with Crippen LogP contribution < -0.4 is 19.7 Å². The molecule has 1 aliphatic heterocycles. The van der Waals surface area contributed by atoms with Gasteiger partial charge in [0.05, 0.1) is 38.6 Å². The van der Waals surface area contributed by atoms with E-state index in [0.717, 1.165) is 23.2 Å². The molecule has 0 saturated carbocycles. The molecule has 0 aliphatic carbocycles. The Morgan fingerprint density at radius 2 is 1.79 bits per heavy atom. The number of amides is 1. The van der Waals surface area contributed by atoms with Crippen molar-refractivity contribution in [2.24, 2.45) is 0 Å². The van der Waals surface area contributed by atoms with Crippen molar-refractivity contribution in [1.29, 1.82) is 0 Å². The van der Waals surface area contributed by atoms with Gasteiger partial charge in [-0.2, -0.15) is 13.2 Å². The lowest BCUT2D eigenvalue weighted by atomic mass is 9.94. The molecule has 38 heavy (non-hydrogen) atoms. The number of pyridine rings is 1. The zero-order valence-electron chi connectivity index (χ0n) is 21.6. The van der Waals surface area contributed by atoms with Crippen molar-refractivity contribution in [2.75, 3.05) is 21.3 Å². The van der Waals surface area contributed by atoms with Gasteiger partial charge < -0.3 is 19.1 Å². The monoisotopic (exact) mass is 524 g/mol. The highest BCUT2D eigenvalue weighted by Gasteiger charge is 2.32. The number of nitrogens with zero attached hydrogens (tertiary/aromatic N) is 2. The van der Waals surface area contributed by atoms with Gasteiger partial charge in [-0.25, -0.2) is 4.98 Å². The number of likely N-dealkylation sites (tertiary alicyclic amines) is 1. The van der Waals surface area contributed by atoms with E-state index in [2.05, 4.69) is 4.98 Å². The Labute approximate surface area is 220 Å². The van der Waals surface area contributed by atoms with Gasteiger partial charge in [0.15, 0.2) is 0 Å². The standard InChI is InChI=1S/C28H28BF3N2O4/c1-36-21-10-6-18(25(15-21)37-2)16-34-20(9-13-26(34)35)14-22(24-12-11-23(29)27(33-24)38-3)17-4-7-19(8-5-17)28(30,31)32/h4-8,10-12,14-15,20H,9,13,16,29H2,1-3H3/b22-14+/t20-/m1/s1. The summed E-state index contributed by atoms with van der Waals surface area (Å²) in [6, 6.07) is 13.7. The van der Waals surface area contributed by atoms with Gasteiger partial charge in [-0.15, -0.1) is 0 Å². The van der Waals surface area contributed by atoms with E-state index in [1.807, 2.05) is 26.1 Å². The molecule has 1 fully saturated rings. The second-order valence-electron chi connectivity index (χ2n) is 8.98. The highest BCUT2D eigenvalue weighted by molar-refractivity contribution is 6.34. The number of hydrogen-bond acceptors (Lipinski definition) is 5. The minimum absolute atomic E-state index is 0.0228. The van der Waals surface area contributed by atoms with Crippen LogP contribution in [0.3, 0.4) is 0 Å². The lowest BCUT2D eigenvalue weighted by molar-refractivity contribution is -0.137. The minimum Gasteiger partial charge on any atom is -0.497 e. The molecule has 6 nitrogen and oxygen atoms in total. The molecule has 0 radical (unpaired) electrons. The van der Waals surface area contributed by atoms with E-state index < -0.39 is 11.7 Å². The fourth-order valence-corrected chi connectivity index (χ4v) is 4.53. The van der Waals surface area contributed by atoms with Gasteiger partial charge in [0.25, 0.3) is 0 Å². The summed E-state index contributed by atoms with van der Waals surface area (Å²) in [5.41, 5.74) is 2.61. The number of aromatic nitrogens is 1. The first-order valence-electron chi connectivity index (χ1n) is 12.1. The summed E-state index contributed by atoms with van der Waals surface area (Å²) >= 11 is 0. The third-order valence-electron chi connectivity index (χ3n) is 6.61. The van der Waals surface area contributed by atoms with Gasteiger partial charge in [-0.1, -0.05) is 24.3 Å². The lowest BCUT2D eigenvalue weighted by Crippen LogP contribution is -2.31. The van der Waals surface area contributed by atoms with Crippen molar-refractivity contribution >= 4 is 24.8 Å². The Bertz CT molecular complexity index is 1340. The van der Waals surface area contributed by atoms with E-state index in [-0.39, 0.29) is 11.9 Å². The Morgan fingerprint density at radius 1 is 1.05 bits per heavy atom. The number of halogens is 3. The molecule has 1 aliphatic rings. The van der Waals surface area contributed by atoms with Gasteiger partial charge >= 0.3 is 6.18 Å². The average molecular weight is 524 g/mol. The molecular weight excluding hydrogens is 496 g/mol. The van der Waals surface area contributed by atoms with Gasteiger partial charge in [-0.3, -0.25) is 4.79 Å². The number of carbonyl (C=O) groups is 1. The van der Waals surface area contributed by atoms with E-state index in [9.17, 15) is 18.0 Å². The Hall–Kier alpha value is -3.95. The summed E-state index contributed by atoms with van der Waals surface area (Å²) in [4.78, 5) is 19.3. The molecule has 198 valence electrons. The molecule has 2 aromatic carbocycles. The van der Waals surface area contributed by atoms with E-state index >= 15 is 0 Å². The average Bonchev–Trinajstić information content (AvgIpc) is 3.26. The predicted octanol–water partition coefficient (Wildman–Crippen LogP) is 4.01. The van der Waals surface area contributed by atoms with Crippen LogP contribution in [0.15, 0.2) is 60.7 Å². The summed E-state index contributed by atoms with van der Waals surface area (Å²) in [5, 5.41) is 0. The number of ether oxygens (including phenoxy) is 3. The molecular formula is C28H28BF3N2O4. The minimum atomic E-state index is -4.44. The quantitative estimate of drug-likeness (QED) is 0.417. The summed E-state index contributed by atoms with van der Waals surface area (Å²) < 4.78 is 55.8.